The van der Waals surface area contributed by atoms with E-state index in [0.29, 0.717) is 24.4 Å². The Bertz CT molecular complexity index is 1180. The first kappa shape index (κ1) is 25.3. The van der Waals surface area contributed by atoms with E-state index in [2.05, 4.69) is 26.1 Å². The van der Waals surface area contributed by atoms with E-state index in [4.69, 9.17) is 4.74 Å². The standard InChI is InChI=1S/C27H32N2O4S/c1-27(2,3)23-12-16-25(17-13-23)33-19-18-28-26(30)22-10-14-24(15-11-22)29(34(4,31)32)20-21-8-6-5-7-9-21/h5-17H,18-20H2,1-4H3,(H,28,30). The number of hydrogen-bond acceptors (Lipinski definition) is 4. The number of carbonyl (C=O) groups excluding carboxylic acids is 1. The monoisotopic (exact) mass is 480 g/mol. The molecule has 3 aromatic carbocycles. The number of benzene rings is 3. The molecule has 0 aliphatic heterocycles. The summed E-state index contributed by atoms with van der Waals surface area (Å²) < 4.78 is 31.7. The molecule has 7 heteroatoms. The fraction of sp³-hybridized carbons (Fsp3) is 0.296. The lowest BCUT2D eigenvalue weighted by atomic mass is 9.87. The Morgan fingerprint density at radius 1 is 0.912 bits per heavy atom. The molecule has 1 amide bonds. The summed E-state index contributed by atoms with van der Waals surface area (Å²) in [6, 6.07) is 23.9. The van der Waals surface area contributed by atoms with Gasteiger partial charge in [-0.2, -0.15) is 0 Å². The third-order valence-electron chi connectivity index (χ3n) is 5.36. The van der Waals surface area contributed by atoms with Crippen molar-refractivity contribution in [3.05, 3.63) is 95.6 Å². The summed E-state index contributed by atoms with van der Waals surface area (Å²) in [6.45, 7) is 7.40. The van der Waals surface area contributed by atoms with Crippen LogP contribution >= 0.6 is 0 Å². The lowest BCUT2D eigenvalue weighted by Crippen LogP contribution is -2.30. The second-order valence-electron chi connectivity index (χ2n) is 9.18. The molecule has 3 rings (SSSR count). The van der Waals surface area contributed by atoms with E-state index in [-0.39, 0.29) is 17.9 Å². The van der Waals surface area contributed by atoms with E-state index < -0.39 is 10.0 Å². The van der Waals surface area contributed by atoms with Crippen LogP contribution in [0.5, 0.6) is 5.75 Å². The average molecular weight is 481 g/mol. The van der Waals surface area contributed by atoms with Crippen LogP contribution in [0, 0.1) is 0 Å². The number of anilines is 1. The summed E-state index contributed by atoms with van der Waals surface area (Å²) in [5.41, 5.74) is 3.15. The van der Waals surface area contributed by atoms with Gasteiger partial charge in [-0.25, -0.2) is 8.42 Å². The third kappa shape index (κ3) is 7.09. The molecule has 0 unspecified atom stereocenters. The van der Waals surface area contributed by atoms with Gasteiger partial charge in [-0.05, 0) is 52.9 Å². The molecule has 0 bridgehead atoms. The van der Waals surface area contributed by atoms with Crippen LogP contribution in [0.4, 0.5) is 5.69 Å². The van der Waals surface area contributed by atoms with Crippen molar-refractivity contribution in [3.8, 4) is 5.75 Å². The molecule has 0 aromatic heterocycles. The Hall–Kier alpha value is -3.32. The zero-order valence-corrected chi connectivity index (χ0v) is 20.9. The summed E-state index contributed by atoms with van der Waals surface area (Å²) in [6.07, 6.45) is 1.17. The molecule has 0 aliphatic carbocycles. The molecular weight excluding hydrogens is 448 g/mol. The van der Waals surface area contributed by atoms with Gasteiger partial charge in [-0.1, -0.05) is 63.2 Å². The van der Waals surface area contributed by atoms with Gasteiger partial charge in [0.2, 0.25) is 10.0 Å². The first-order chi connectivity index (χ1) is 16.0. The lowest BCUT2D eigenvalue weighted by molar-refractivity contribution is 0.0947. The van der Waals surface area contributed by atoms with Gasteiger partial charge in [0, 0.05) is 5.56 Å². The maximum atomic E-state index is 12.5. The third-order valence-corrected chi connectivity index (χ3v) is 6.50. The first-order valence-electron chi connectivity index (χ1n) is 11.2. The molecule has 34 heavy (non-hydrogen) atoms. The summed E-state index contributed by atoms with van der Waals surface area (Å²) in [5.74, 6) is 0.512. The zero-order chi connectivity index (χ0) is 24.8. The minimum Gasteiger partial charge on any atom is -0.492 e. The van der Waals surface area contributed by atoms with Crippen molar-refractivity contribution in [1.29, 1.82) is 0 Å². The van der Waals surface area contributed by atoms with E-state index in [1.54, 1.807) is 24.3 Å². The number of nitrogens with zero attached hydrogens (tertiary/aromatic N) is 1. The van der Waals surface area contributed by atoms with Crippen molar-refractivity contribution in [2.75, 3.05) is 23.7 Å². The van der Waals surface area contributed by atoms with Gasteiger partial charge < -0.3 is 10.1 Å². The molecule has 180 valence electrons. The van der Waals surface area contributed by atoms with E-state index in [9.17, 15) is 13.2 Å². The van der Waals surface area contributed by atoms with Crippen LogP contribution in [0.3, 0.4) is 0 Å². The Morgan fingerprint density at radius 2 is 1.53 bits per heavy atom. The highest BCUT2D eigenvalue weighted by Crippen LogP contribution is 2.24. The Morgan fingerprint density at radius 3 is 2.09 bits per heavy atom. The molecule has 0 radical (unpaired) electrons. The number of amides is 1. The largest absolute Gasteiger partial charge is 0.492 e. The molecular formula is C27H32N2O4S. The first-order valence-corrected chi connectivity index (χ1v) is 13.0. The van der Waals surface area contributed by atoms with Crippen LogP contribution in [0.15, 0.2) is 78.9 Å². The fourth-order valence-corrected chi connectivity index (χ4v) is 4.30. The van der Waals surface area contributed by atoms with Gasteiger partial charge in [0.05, 0.1) is 25.0 Å². The second kappa shape index (κ2) is 10.7. The topological polar surface area (TPSA) is 75.7 Å². The maximum Gasteiger partial charge on any atom is 0.251 e. The van der Waals surface area contributed by atoms with Crippen molar-refractivity contribution >= 4 is 21.6 Å². The van der Waals surface area contributed by atoms with Crippen LogP contribution in [0.2, 0.25) is 0 Å². The smallest absolute Gasteiger partial charge is 0.251 e. The van der Waals surface area contributed by atoms with Crippen LogP contribution in [-0.4, -0.2) is 33.7 Å². The second-order valence-corrected chi connectivity index (χ2v) is 11.1. The molecule has 6 nitrogen and oxygen atoms in total. The molecule has 0 saturated heterocycles. The molecule has 1 N–H and O–H groups in total. The van der Waals surface area contributed by atoms with E-state index in [1.165, 1.54) is 16.1 Å². The van der Waals surface area contributed by atoms with Crippen LogP contribution < -0.4 is 14.4 Å². The number of hydrogen-bond donors (Lipinski definition) is 1. The molecule has 0 aliphatic rings. The van der Waals surface area contributed by atoms with Gasteiger partial charge in [-0.15, -0.1) is 0 Å². The van der Waals surface area contributed by atoms with E-state index >= 15 is 0 Å². The summed E-state index contributed by atoms with van der Waals surface area (Å²) in [4.78, 5) is 12.5. The molecule has 0 atom stereocenters. The highest BCUT2D eigenvalue weighted by molar-refractivity contribution is 7.92. The van der Waals surface area contributed by atoms with Gasteiger partial charge in [0.15, 0.2) is 0 Å². The van der Waals surface area contributed by atoms with Crippen LogP contribution in [-0.2, 0) is 22.0 Å². The number of nitrogens with one attached hydrogen (secondary N) is 1. The summed E-state index contributed by atoms with van der Waals surface area (Å²) in [7, 11) is -3.49. The van der Waals surface area contributed by atoms with E-state index in [0.717, 1.165) is 11.3 Å². The Kier molecular flexibility index (Phi) is 7.99. The van der Waals surface area contributed by atoms with Crippen molar-refractivity contribution < 1.29 is 17.9 Å². The van der Waals surface area contributed by atoms with Gasteiger partial charge in [0.25, 0.3) is 5.91 Å². The zero-order valence-electron chi connectivity index (χ0n) is 20.1. The quantitative estimate of drug-likeness (QED) is 0.448. The molecule has 0 saturated carbocycles. The van der Waals surface area contributed by atoms with Gasteiger partial charge in [0.1, 0.15) is 12.4 Å². The summed E-state index contributed by atoms with van der Waals surface area (Å²) >= 11 is 0. The van der Waals surface area contributed by atoms with Crippen molar-refractivity contribution in [1.82, 2.24) is 5.32 Å². The predicted octanol–water partition coefficient (Wildman–Crippen LogP) is 4.76. The van der Waals surface area contributed by atoms with Crippen molar-refractivity contribution in [3.63, 3.8) is 0 Å². The molecule has 0 fully saturated rings. The highest BCUT2D eigenvalue weighted by atomic mass is 32.2. The van der Waals surface area contributed by atoms with Crippen molar-refractivity contribution in [2.24, 2.45) is 0 Å². The SMILES string of the molecule is CC(C)(C)c1ccc(OCCNC(=O)c2ccc(N(Cc3ccccc3)S(C)(=O)=O)cc2)cc1. The van der Waals surface area contributed by atoms with Crippen molar-refractivity contribution in [2.45, 2.75) is 32.7 Å². The molecule has 0 heterocycles. The normalized spacial score (nSPS) is 11.6. The fourth-order valence-electron chi connectivity index (χ4n) is 3.41. The Labute approximate surface area is 202 Å². The lowest BCUT2D eigenvalue weighted by Gasteiger charge is -2.22. The maximum absolute atomic E-state index is 12.5. The highest BCUT2D eigenvalue weighted by Gasteiger charge is 2.18. The molecule has 3 aromatic rings. The summed E-state index contributed by atoms with van der Waals surface area (Å²) in [5, 5.41) is 2.83. The number of ether oxygens (including phenoxy) is 1. The number of rotatable bonds is 9. The average Bonchev–Trinajstić information content (AvgIpc) is 2.80. The number of sulfonamides is 1. The van der Waals surface area contributed by atoms with Crippen LogP contribution in [0.25, 0.3) is 0 Å². The predicted molar refractivity (Wildman–Crippen MR) is 137 cm³/mol. The van der Waals surface area contributed by atoms with Gasteiger partial charge in [-0.3, -0.25) is 9.10 Å². The van der Waals surface area contributed by atoms with Gasteiger partial charge >= 0.3 is 0 Å². The van der Waals surface area contributed by atoms with Crippen LogP contribution in [0.1, 0.15) is 42.3 Å². The minimum absolute atomic E-state index is 0.0853. The minimum atomic E-state index is -3.49. The van der Waals surface area contributed by atoms with E-state index in [1.807, 2.05) is 54.6 Å². The molecule has 0 spiro atoms. The number of carbonyl (C=O) groups is 1. The Balaban J connectivity index is 1.54.